The number of carboxylic acid groups (broad SMARTS) is 1. The van der Waals surface area contributed by atoms with Gasteiger partial charge in [-0.25, -0.2) is 0 Å². The molecule has 0 aliphatic carbocycles. The molecule has 0 aliphatic rings. The summed E-state index contributed by atoms with van der Waals surface area (Å²) in [5.41, 5.74) is 0. The summed E-state index contributed by atoms with van der Waals surface area (Å²) in [6, 6.07) is 0. The van der Waals surface area contributed by atoms with Crippen LogP contribution in [0.2, 0.25) is 0 Å². The summed E-state index contributed by atoms with van der Waals surface area (Å²) in [6.45, 7) is 0.294. The van der Waals surface area contributed by atoms with Crippen molar-refractivity contribution in [2.45, 2.75) is 18.9 Å². The minimum absolute atomic E-state index is 0.0501. The van der Waals surface area contributed by atoms with Gasteiger partial charge < -0.3 is 19.8 Å². The molecule has 0 radical (unpaired) electrons. The molecular formula is C9H17NO5. The number of aliphatic hydroxyl groups excluding tert-OH is 1. The van der Waals surface area contributed by atoms with E-state index >= 15 is 0 Å². The second-order valence-corrected chi connectivity index (χ2v) is 3.28. The lowest BCUT2D eigenvalue weighted by atomic mass is 10.2. The van der Waals surface area contributed by atoms with Gasteiger partial charge >= 0.3 is 5.97 Å². The summed E-state index contributed by atoms with van der Waals surface area (Å²) < 4.78 is 4.70. The molecule has 15 heavy (non-hydrogen) atoms. The van der Waals surface area contributed by atoms with E-state index in [-0.39, 0.29) is 31.9 Å². The number of rotatable bonds is 7. The zero-order valence-electron chi connectivity index (χ0n) is 8.97. The van der Waals surface area contributed by atoms with Gasteiger partial charge in [0.05, 0.1) is 19.1 Å². The molecule has 1 atom stereocenters. The summed E-state index contributed by atoms with van der Waals surface area (Å²) in [5.74, 6) is -1.30. The molecule has 6 heteroatoms. The van der Waals surface area contributed by atoms with Crippen LogP contribution >= 0.6 is 0 Å². The van der Waals surface area contributed by atoms with Crippen molar-refractivity contribution in [1.29, 1.82) is 0 Å². The van der Waals surface area contributed by atoms with Gasteiger partial charge in [-0.2, -0.15) is 0 Å². The van der Waals surface area contributed by atoms with E-state index in [2.05, 4.69) is 0 Å². The van der Waals surface area contributed by atoms with Crippen molar-refractivity contribution < 1.29 is 24.5 Å². The maximum Gasteiger partial charge on any atom is 0.303 e. The van der Waals surface area contributed by atoms with Crippen LogP contribution in [0.4, 0.5) is 0 Å². The first kappa shape index (κ1) is 13.9. The summed E-state index contributed by atoms with van der Waals surface area (Å²) in [7, 11) is 2.97. The molecule has 0 saturated carbocycles. The molecule has 0 heterocycles. The van der Waals surface area contributed by atoms with Crippen LogP contribution in [-0.2, 0) is 14.3 Å². The number of carboxylic acids is 1. The van der Waals surface area contributed by atoms with Gasteiger partial charge in [-0.3, -0.25) is 9.59 Å². The maximum atomic E-state index is 11.3. The third kappa shape index (κ3) is 6.87. The van der Waals surface area contributed by atoms with Gasteiger partial charge in [-0.05, 0) is 0 Å². The largest absolute Gasteiger partial charge is 0.481 e. The topological polar surface area (TPSA) is 87.1 Å². The lowest BCUT2D eigenvalue weighted by molar-refractivity contribution is -0.141. The van der Waals surface area contributed by atoms with Crippen LogP contribution < -0.4 is 0 Å². The Kier molecular flexibility index (Phi) is 6.64. The van der Waals surface area contributed by atoms with Gasteiger partial charge in [0, 0.05) is 27.1 Å². The van der Waals surface area contributed by atoms with Crippen LogP contribution in [-0.4, -0.2) is 60.4 Å². The molecule has 0 bridgehead atoms. The minimum Gasteiger partial charge on any atom is -0.481 e. The number of likely N-dealkylation sites (N-methyl/N-ethyl adjacent to an activating group) is 1. The van der Waals surface area contributed by atoms with E-state index in [1.807, 2.05) is 0 Å². The molecule has 0 fully saturated rings. The fourth-order valence-electron chi connectivity index (χ4n) is 1.07. The Balaban J connectivity index is 3.82. The molecule has 0 aromatic heterocycles. The van der Waals surface area contributed by atoms with Crippen LogP contribution in [0.25, 0.3) is 0 Å². The Morgan fingerprint density at radius 2 is 2.00 bits per heavy atom. The molecule has 6 nitrogen and oxygen atoms in total. The van der Waals surface area contributed by atoms with Crippen molar-refractivity contribution in [3.05, 3.63) is 0 Å². The van der Waals surface area contributed by atoms with E-state index in [1.54, 1.807) is 0 Å². The molecule has 0 rings (SSSR count). The van der Waals surface area contributed by atoms with Crippen molar-refractivity contribution in [2.75, 3.05) is 27.3 Å². The zero-order valence-corrected chi connectivity index (χ0v) is 8.97. The van der Waals surface area contributed by atoms with Crippen molar-refractivity contribution >= 4 is 11.9 Å². The van der Waals surface area contributed by atoms with Gasteiger partial charge in [0.2, 0.25) is 5.91 Å². The summed E-state index contributed by atoms with van der Waals surface area (Å²) in [5, 5.41) is 17.7. The first-order valence-electron chi connectivity index (χ1n) is 4.60. The lowest BCUT2D eigenvalue weighted by Gasteiger charge is -2.20. The van der Waals surface area contributed by atoms with Crippen molar-refractivity contribution in [3.63, 3.8) is 0 Å². The average Bonchev–Trinajstić information content (AvgIpc) is 2.14. The molecule has 0 aliphatic heterocycles. The third-order valence-electron chi connectivity index (χ3n) is 1.82. The number of carbonyl (C=O) groups excluding carboxylic acids is 1. The third-order valence-corrected chi connectivity index (χ3v) is 1.82. The van der Waals surface area contributed by atoms with Crippen molar-refractivity contribution in [3.8, 4) is 0 Å². The van der Waals surface area contributed by atoms with Crippen LogP contribution in [0, 0.1) is 0 Å². The fourth-order valence-corrected chi connectivity index (χ4v) is 1.07. The number of amides is 1. The maximum absolute atomic E-state index is 11.3. The number of aliphatic hydroxyl groups is 1. The van der Waals surface area contributed by atoms with E-state index in [9.17, 15) is 14.7 Å². The second kappa shape index (κ2) is 7.19. The number of hydrogen-bond donors (Lipinski definition) is 2. The van der Waals surface area contributed by atoms with Gasteiger partial charge in [0.1, 0.15) is 0 Å². The molecule has 0 aromatic rings. The predicted octanol–water partition coefficient (Wildman–Crippen LogP) is -0.683. The van der Waals surface area contributed by atoms with Crippen LogP contribution in [0.5, 0.6) is 0 Å². The molecular weight excluding hydrogens is 202 g/mol. The Morgan fingerprint density at radius 1 is 1.40 bits per heavy atom. The van der Waals surface area contributed by atoms with Crippen LogP contribution in [0.3, 0.4) is 0 Å². The smallest absolute Gasteiger partial charge is 0.303 e. The highest BCUT2D eigenvalue weighted by Gasteiger charge is 2.14. The minimum atomic E-state index is -1.01. The van der Waals surface area contributed by atoms with E-state index in [0.29, 0.717) is 0 Å². The SMILES string of the molecule is COCC(O)CN(C)C(=O)CCC(=O)O. The van der Waals surface area contributed by atoms with E-state index < -0.39 is 12.1 Å². The average molecular weight is 219 g/mol. The number of ether oxygens (including phenoxy) is 1. The second-order valence-electron chi connectivity index (χ2n) is 3.28. The Hall–Kier alpha value is -1.14. The standard InChI is InChI=1S/C9H17NO5/c1-10(5-7(11)6-15-2)8(12)3-4-9(13)14/h7,11H,3-6H2,1-2H3,(H,13,14). The van der Waals surface area contributed by atoms with Crippen LogP contribution in [0.15, 0.2) is 0 Å². The first-order chi connectivity index (χ1) is 6.97. The fraction of sp³-hybridized carbons (Fsp3) is 0.778. The Morgan fingerprint density at radius 3 is 2.47 bits per heavy atom. The van der Waals surface area contributed by atoms with Crippen LogP contribution in [0.1, 0.15) is 12.8 Å². The van der Waals surface area contributed by atoms with Gasteiger partial charge in [-0.15, -0.1) is 0 Å². The monoisotopic (exact) mass is 219 g/mol. The van der Waals surface area contributed by atoms with Crippen molar-refractivity contribution in [1.82, 2.24) is 4.90 Å². The lowest BCUT2D eigenvalue weighted by Crippen LogP contribution is -2.36. The van der Waals surface area contributed by atoms with Gasteiger partial charge in [0.25, 0.3) is 0 Å². The summed E-state index contributed by atoms with van der Waals surface area (Å²) >= 11 is 0. The molecule has 0 saturated heterocycles. The Labute approximate surface area is 88.4 Å². The van der Waals surface area contributed by atoms with Gasteiger partial charge in [-0.1, -0.05) is 0 Å². The summed E-state index contributed by atoms with van der Waals surface area (Å²) in [6.07, 6.45) is -0.983. The first-order valence-corrected chi connectivity index (χ1v) is 4.60. The highest BCUT2D eigenvalue weighted by atomic mass is 16.5. The normalized spacial score (nSPS) is 12.2. The predicted molar refractivity (Wildman–Crippen MR) is 52.4 cm³/mol. The highest BCUT2D eigenvalue weighted by molar-refractivity contribution is 5.80. The quantitative estimate of drug-likeness (QED) is 0.592. The number of carbonyl (C=O) groups is 2. The molecule has 1 unspecified atom stereocenters. The van der Waals surface area contributed by atoms with E-state index in [0.717, 1.165) is 0 Å². The number of nitrogens with zero attached hydrogens (tertiary/aromatic N) is 1. The molecule has 2 N–H and O–H groups in total. The molecule has 0 spiro atoms. The number of methoxy groups -OCH3 is 1. The van der Waals surface area contributed by atoms with Gasteiger partial charge in [0.15, 0.2) is 0 Å². The highest BCUT2D eigenvalue weighted by Crippen LogP contribution is 1.97. The Bertz CT molecular complexity index is 219. The molecule has 0 aromatic carbocycles. The van der Waals surface area contributed by atoms with E-state index in [1.165, 1.54) is 19.1 Å². The summed E-state index contributed by atoms with van der Waals surface area (Å²) in [4.78, 5) is 22.8. The molecule has 1 amide bonds. The van der Waals surface area contributed by atoms with E-state index in [4.69, 9.17) is 9.84 Å². The molecule has 88 valence electrons. The number of aliphatic carboxylic acids is 1. The number of hydrogen-bond acceptors (Lipinski definition) is 4. The van der Waals surface area contributed by atoms with Crippen molar-refractivity contribution in [2.24, 2.45) is 0 Å². The zero-order chi connectivity index (χ0) is 11.8.